The Bertz CT molecular complexity index is 514. The van der Waals surface area contributed by atoms with Crippen molar-refractivity contribution in [2.75, 3.05) is 0 Å². The first-order chi connectivity index (χ1) is 9.17. The molecular weight excluding hydrogens is 240 g/mol. The number of rotatable bonds is 4. The normalized spacial score (nSPS) is 19.3. The van der Waals surface area contributed by atoms with Gasteiger partial charge in [0.1, 0.15) is 5.76 Å². The maximum absolute atomic E-state index is 12.2. The summed E-state index contributed by atoms with van der Waals surface area (Å²) in [4.78, 5) is 23.9. The van der Waals surface area contributed by atoms with Crippen LogP contribution in [0.5, 0.6) is 0 Å². The number of hydrogen-bond acceptors (Lipinski definition) is 3. The summed E-state index contributed by atoms with van der Waals surface area (Å²) in [5.74, 6) is 0.193. The lowest BCUT2D eigenvalue weighted by Gasteiger charge is -2.26. The Hall–Kier alpha value is -1.90. The van der Waals surface area contributed by atoms with Gasteiger partial charge in [-0.05, 0) is 5.56 Å². The SMILES string of the molecule is CCC(=O)C1=C(CC)OC(=O)CC1c1ccccc1. The highest BCUT2D eigenvalue weighted by molar-refractivity contribution is 5.99. The van der Waals surface area contributed by atoms with E-state index in [1.54, 1.807) is 0 Å². The molecule has 0 aromatic heterocycles. The third-order valence-corrected chi connectivity index (χ3v) is 3.40. The molecule has 0 N–H and O–H groups in total. The fourth-order valence-electron chi connectivity index (χ4n) is 2.47. The van der Waals surface area contributed by atoms with E-state index in [0.717, 1.165) is 5.56 Å². The van der Waals surface area contributed by atoms with Crippen molar-refractivity contribution >= 4 is 11.8 Å². The number of ketones is 1. The standard InChI is InChI=1S/C16H18O3/c1-3-13(17)16-12(11-8-6-5-7-9-11)10-15(18)19-14(16)4-2/h5-9,12H,3-4,10H2,1-2H3. The Balaban J connectivity index is 2.50. The van der Waals surface area contributed by atoms with Crippen molar-refractivity contribution in [3.05, 3.63) is 47.2 Å². The number of benzene rings is 1. The first-order valence-electron chi connectivity index (χ1n) is 6.69. The van der Waals surface area contributed by atoms with Gasteiger partial charge in [-0.3, -0.25) is 9.59 Å². The molecule has 1 aromatic rings. The molecule has 0 spiro atoms. The second-order valence-electron chi connectivity index (χ2n) is 4.61. The van der Waals surface area contributed by atoms with Crippen LogP contribution >= 0.6 is 0 Å². The minimum absolute atomic E-state index is 0.0678. The molecule has 0 saturated carbocycles. The summed E-state index contributed by atoms with van der Waals surface area (Å²) >= 11 is 0. The summed E-state index contributed by atoms with van der Waals surface area (Å²) in [6.07, 6.45) is 1.24. The van der Waals surface area contributed by atoms with E-state index >= 15 is 0 Å². The highest BCUT2D eigenvalue weighted by Crippen LogP contribution is 2.36. The predicted octanol–water partition coefficient (Wildman–Crippen LogP) is 3.36. The quantitative estimate of drug-likeness (QED) is 0.778. The molecular formula is C16H18O3. The predicted molar refractivity (Wildman–Crippen MR) is 72.5 cm³/mol. The van der Waals surface area contributed by atoms with E-state index < -0.39 is 0 Å². The smallest absolute Gasteiger partial charge is 0.311 e. The van der Waals surface area contributed by atoms with Gasteiger partial charge >= 0.3 is 5.97 Å². The topological polar surface area (TPSA) is 43.4 Å². The van der Waals surface area contributed by atoms with Gasteiger partial charge in [-0.1, -0.05) is 44.2 Å². The van der Waals surface area contributed by atoms with E-state index in [1.807, 2.05) is 44.2 Å². The molecule has 1 unspecified atom stereocenters. The van der Waals surface area contributed by atoms with Gasteiger partial charge in [0.2, 0.25) is 0 Å². The molecule has 0 radical (unpaired) electrons. The van der Waals surface area contributed by atoms with Crippen LogP contribution in [0.3, 0.4) is 0 Å². The molecule has 3 heteroatoms. The van der Waals surface area contributed by atoms with Crippen LogP contribution in [0, 0.1) is 0 Å². The number of esters is 1. The summed E-state index contributed by atoms with van der Waals surface area (Å²) < 4.78 is 5.24. The average molecular weight is 258 g/mol. The van der Waals surface area contributed by atoms with Crippen LogP contribution in [0.15, 0.2) is 41.7 Å². The molecule has 0 amide bonds. The zero-order valence-electron chi connectivity index (χ0n) is 11.3. The Labute approximate surface area is 113 Å². The van der Waals surface area contributed by atoms with Crippen LogP contribution in [0.2, 0.25) is 0 Å². The minimum Gasteiger partial charge on any atom is -0.431 e. The van der Waals surface area contributed by atoms with Gasteiger partial charge in [0.25, 0.3) is 0 Å². The van der Waals surface area contributed by atoms with E-state index in [2.05, 4.69) is 0 Å². The Morgan fingerprint density at radius 3 is 2.53 bits per heavy atom. The summed E-state index contributed by atoms with van der Waals surface area (Å²) in [6, 6.07) is 9.69. The van der Waals surface area contributed by atoms with Crippen molar-refractivity contribution in [2.45, 2.75) is 39.0 Å². The van der Waals surface area contributed by atoms with Crippen molar-refractivity contribution in [1.82, 2.24) is 0 Å². The van der Waals surface area contributed by atoms with E-state index in [9.17, 15) is 9.59 Å². The van der Waals surface area contributed by atoms with Crippen molar-refractivity contribution in [1.29, 1.82) is 0 Å². The van der Waals surface area contributed by atoms with Gasteiger partial charge in [0.15, 0.2) is 5.78 Å². The average Bonchev–Trinajstić information content (AvgIpc) is 2.46. The number of Topliss-reactive ketones (excluding diaryl/α,β-unsaturated/α-hetero) is 1. The number of cyclic esters (lactones) is 1. The molecule has 100 valence electrons. The zero-order valence-corrected chi connectivity index (χ0v) is 11.3. The number of carbonyl (C=O) groups is 2. The molecule has 3 nitrogen and oxygen atoms in total. The molecule has 0 bridgehead atoms. The third-order valence-electron chi connectivity index (χ3n) is 3.40. The number of hydrogen-bond donors (Lipinski definition) is 0. The summed E-state index contributed by atoms with van der Waals surface area (Å²) in [5.41, 5.74) is 1.68. The van der Waals surface area contributed by atoms with Gasteiger partial charge < -0.3 is 4.74 Å². The maximum Gasteiger partial charge on any atom is 0.311 e. The fourth-order valence-corrected chi connectivity index (χ4v) is 2.47. The third kappa shape index (κ3) is 2.75. The van der Waals surface area contributed by atoms with Crippen LogP contribution in [0.4, 0.5) is 0 Å². The fraction of sp³-hybridized carbons (Fsp3) is 0.375. The first-order valence-corrected chi connectivity index (χ1v) is 6.69. The van der Waals surface area contributed by atoms with Gasteiger partial charge in [-0.25, -0.2) is 0 Å². The Morgan fingerprint density at radius 1 is 1.26 bits per heavy atom. The molecule has 19 heavy (non-hydrogen) atoms. The van der Waals surface area contributed by atoms with Crippen LogP contribution in [-0.2, 0) is 14.3 Å². The minimum atomic E-state index is -0.252. The van der Waals surface area contributed by atoms with Gasteiger partial charge in [-0.2, -0.15) is 0 Å². The highest BCUT2D eigenvalue weighted by Gasteiger charge is 2.33. The summed E-state index contributed by atoms with van der Waals surface area (Å²) in [6.45, 7) is 3.74. The second-order valence-corrected chi connectivity index (χ2v) is 4.61. The number of allylic oxidation sites excluding steroid dienone is 2. The van der Waals surface area contributed by atoms with Crippen LogP contribution < -0.4 is 0 Å². The van der Waals surface area contributed by atoms with E-state index in [0.29, 0.717) is 24.2 Å². The lowest BCUT2D eigenvalue weighted by Crippen LogP contribution is -2.24. The Morgan fingerprint density at radius 2 is 1.95 bits per heavy atom. The van der Waals surface area contributed by atoms with Crippen LogP contribution in [0.1, 0.15) is 44.6 Å². The Kier molecular flexibility index (Phi) is 4.15. The monoisotopic (exact) mass is 258 g/mol. The molecule has 1 aromatic carbocycles. The lowest BCUT2D eigenvalue weighted by atomic mass is 9.83. The first kappa shape index (κ1) is 13.5. The van der Waals surface area contributed by atoms with Crippen molar-refractivity contribution < 1.29 is 14.3 Å². The maximum atomic E-state index is 12.2. The molecule has 1 atom stereocenters. The van der Waals surface area contributed by atoms with Crippen molar-refractivity contribution in [3.8, 4) is 0 Å². The van der Waals surface area contributed by atoms with Gasteiger partial charge in [0.05, 0.1) is 6.42 Å². The van der Waals surface area contributed by atoms with E-state index in [4.69, 9.17) is 4.74 Å². The van der Waals surface area contributed by atoms with Crippen molar-refractivity contribution in [2.24, 2.45) is 0 Å². The molecule has 1 heterocycles. The summed E-state index contributed by atoms with van der Waals surface area (Å²) in [7, 11) is 0. The highest BCUT2D eigenvalue weighted by atomic mass is 16.5. The van der Waals surface area contributed by atoms with Gasteiger partial charge in [-0.15, -0.1) is 0 Å². The second kappa shape index (κ2) is 5.83. The van der Waals surface area contributed by atoms with E-state index in [-0.39, 0.29) is 24.1 Å². The van der Waals surface area contributed by atoms with Crippen molar-refractivity contribution in [3.63, 3.8) is 0 Å². The summed E-state index contributed by atoms with van der Waals surface area (Å²) in [5, 5.41) is 0. The van der Waals surface area contributed by atoms with Crippen LogP contribution in [0.25, 0.3) is 0 Å². The molecule has 0 aliphatic carbocycles. The molecule has 0 fully saturated rings. The molecule has 0 saturated heterocycles. The molecule has 1 aliphatic rings. The molecule has 1 aliphatic heterocycles. The molecule has 2 rings (SSSR count). The zero-order chi connectivity index (χ0) is 13.8. The largest absolute Gasteiger partial charge is 0.431 e. The number of carbonyl (C=O) groups excluding carboxylic acids is 2. The number of ether oxygens (including phenoxy) is 1. The lowest BCUT2D eigenvalue weighted by molar-refractivity contribution is -0.141. The van der Waals surface area contributed by atoms with Gasteiger partial charge in [0, 0.05) is 24.3 Å². The van der Waals surface area contributed by atoms with E-state index in [1.165, 1.54) is 0 Å². The van der Waals surface area contributed by atoms with Crippen LogP contribution in [-0.4, -0.2) is 11.8 Å².